The van der Waals surface area contributed by atoms with E-state index in [9.17, 15) is 19.5 Å². The summed E-state index contributed by atoms with van der Waals surface area (Å²) in [5.74, 6) is -1.72. The first-order valence-electron chi connectivity index (χ1n) is 8.02. The summed E-state index contributed by atoms with van der Waals surface area (Å²) in [5, 5.41) is 11.9. The number of benzene rings is 1. The maximum atomic E-state index is 12.8. The van der Waals surface area contributed by atoms with E-state index < -0.39 is 29.5 Å². The molecule has 2 rings (SSSR count). The van der Waals surface area contributed by atoms with Gasteiger partial charge in [0.2, 0.25) is 0 Å². The molecule has 6 nitrogen and oxygen atoms in total. The number of urea groups is 1. The Bertz CT molecular complexity index is 675. The summed E-state index contributed by atoms with van der Waals surface area (Å²) in [4.78, 5) is 37.2. The molecule has 2 atom stereocenters. The fraction of sp³-hybridized carbons (Fsp3) is 0.500. The monoisotopic (exact) mass is 332 g/mol. The van der Waals surface area contributed by atoms with Crippen molar-refractivity contribution in [2.75, 3.05) is 0 Å². The normalized spacial score (nSPS) is 22.5. The number of rotatable bonds is 4. The smallest absolute Gasteiger partial charge is 0.326 e. The summed E-state index contributed by atoms with van der Waals surface area (Å²) < 4.78 is 0. The molecule has 0 bridgehead atoms. The highest BCUT2D eigenvalue weighted by molar-refractivity contribution is 6.09. The van der Waals surface area contributed by atoms with Crippen molar-refractivity contribution < 1.29 is 19.5 Å². The number of carbonyl (C=O) groups excluding carboxylic acids is 2. The van der Waals surface area contributed by atoms with Crippen molar-refractivity contribution in [3.63, 3.8) is 0 Å². The number of hydrogen-bond donors (Lipinski definition) is 2. The molecule has 1 aliphatic rings. The van der Waals surface area contributed by atoms with Gasteiger partial charge >= 0.3 is 12.0 Å². The van der Waals surface area contributed by atoms with E-state index in [0.29, 0.717) is 5.56 Å². The number of imide groups is 1. The SMILES string of the molecule is CCC(C(=O)O)N1C(=O)NC(C)(c2ccc(C(C)(C)C)cc2)C1=O. The van der Waals surface area contributed by atoms with E-state index >= 15 is 0 Å². The highest BCUT2D eigenvalue weighted by Crippen LogP contribution is 2.32. The Labute approximate surface area is 141 Å². The van der Waals surface area contributed by atoms with Gasteiger partial charge in [-0.25, -0.2) is 14.5 Å². The molecule has 1 heterocycles. The van der Waals surface area contributed by atoms with Crippen molar-refractivity contribution in [3.05, 3.63) is 35.4 Å². The predicted molar refractivity (Wildman–Crippen MR) is 89.6 cm³/mol. The van der Waals surface area contributed by atoms with Crippen molar-refractivity contribution in [2.45, 2.75) is 58.0 Å². The maximum Gasteiger partial charge on any atom is 0.326 e. The van der Waals surface area contributed by atoms with Gasteiger partial charge in [-0.05, 0) is 29.9 Å². The first-order chi connectivity index (χ1) is 11.0. The standard InChI is InChI=1S/C18H24N2O4/c1-6-13(14(21)22)20-15(23)18(5,19-16(20)24)12-9-7-11(8-10-12)17(2,3)4/h7-10,13H,6H2,1-5H3,(H,19,24)(H,21,22). The van der Waals surface area contributed by atoms with Gasteiger partial charge in [-0.15, -0.1) is 0 Å². The second-order valence-corrected chi connectivity index (χ2v) is 7.32. The molecular formula is C18H24N2O4. The number of aliphatic carboxylic acids is 1. The molecule has 130 valence electrons. The van der Waals surface area contributed by atoms with Gasteiger partial charge in [0.15, 0.2) is 0 Å². The zero-order chi connectivity index (χ0) is 18.3. The number of carboxylic acids is 1. The molecule has 24 heavy (non-hydrogen) atoms. The van der Waals surface area contributed by atoms with Crippen LogP contribution in [0.15, 0.2) is 24.3 Å². The molecule has 0 aromatic heterocycles. The summed E-state index contributed by atoms with van der Waals surface area (Å²) >= 11 is 0. The summed E-state index contributed by atoms with van der Waals surface area (Å²) in [6.45, 7) is 9.51. The van der Waals surface area contributed by atoms with Gasteiger partial charge in [0.25, 0.3) is 5.91 Å². The average Bonchev–Trinajstić information content (AvgIpc) is 2.71. The van der Waals surface area contributed by atoms with Crippen LogP contribution in [0.25, 0.3) is 0 Å². The molecule has 1 fully saturated rings. The van der Waals surface area contributed by atoms with E-state index in [-0.39, 0.29) is 11.8 Å². The van der Waals surface area contributed by atoms with Gasteiger partial charge in [-0.1, -0.05) is 52.0 Å². The first-order valence-corrected chi connectivity index (χ1v) is 8.02. The average molecular weight is 332 g/mol. The van der Waals surface area contributed by atoms with Crippen LogP contribution in [0.3, 0.4) is 0 Å². The maximum absolute atomic E-state index is 12.8. The van der Waals surface area contributed by atoms with Crippen LogP contribution in [0.1, 0.15) is 52.2 Å². The third-order valence-electron chi connectivity index (χ3n) is 4.53. The Morgan fingerprint density at radius 1 is 1.25 bits per heavy atom. The fourth-order valence-electron chi connectivity index (χ4n) is 2.91. The van der Waals surface area contributed by atoms with Crippen molar-refractivity contribution in [1.82, 2.24) is 10.2 Å². The highest BCUT2D eigenvalue weighted by Gasteiger charge is 2.52. The second-order valence-electron chi connectivity index (χ2n) is 7.32. The Morgan fingerprint density at radius 2 is 1.79 bits per heavy atom. The lowest BCUT2D eigenvalue weighted by molar-refractivity contribution is -0.147. The fourth-order valence-corrected chi connectivity index (χ4v) is 2.91. The summed E-state index contributed by atoms with van der Waals surface area (Å²) in [6, 6.07) is 5.65. The van der Waals surface area contributed by atoms with Crippen LogP contribution in [-0.4, -0.2) is 34.0 Å². The molecule has 1 aromatic carbocycles. The van der Waals surface area contributed by atoms with Gasteiger partial charge in [-0.2, -0.15) is 0 Å². The van der Waals surface area contributed by atoms with Gasteiger partial charge in [0.1, 0.15) is 11.6 Å². The molecule has 1 aromatic rings. The molecule has 1 aliphatic heterocycles. The molecule has 1 saturated heterocycles. The van der Waals surface area contributed by atoms with Crippen molar-refractivity contribution >= 4 is 17.9 Å². The van der Waals surface area contributed by atoms with E-state index in [1.54, 1.807) is 13.8 Å². The Balaban J connectivity index is 2.39. The Morgan fingerprint density at radius 3 is 2.21 bits per heavy atom. The van der Waals surface area contributed by atoms with E-state index in [4.69, 9.17) is 0 Å². The lowest BCUT2D eigenvalue weighted by Crippen LogP contribution is -2.46. The lowest BCUT2D eigenvalue weighted by atomic mass is 9.84. The third kappa shape index (κ3) is 2.88. The van der Waals surface area contributed by atoms with E-state index in [0.717, 1.165) is 10.5 Å². The summed E-state index contributed by atoms with van der Waals surface area (Å²) in [6.07, 6.45) is 0.160. The van der Waals surface area contributed by atoms with Crippen molar-refractivity contribution in [1.29, 1.82) is 0 Å². The van der Waals surface area contributed by atoms with Crippen molar-refractivity contribution in [2.24, 2.45) is 0 Å². The lowest BCUT2D eigenvalue weighted by Gasteiger charge is -2.25. The first kappa shape index (κ1) is 18.0. The molecule has 0 saturated carbocycles. The summed E-state index contributed by atoms with van der Waals surface area (Å²) in [7, 11) is 0. The quantitative estimate of drug-likeness (QED) is 0.830. The molecule has 2 unspecified atom stereocenters. The zero-order valence-electron chi connectivity index (χ0n) is 14.7. The number of nitrogens with one attached hydrogen (secondary N) is 1. The van der Waals surface area contributed by atoms with Gasteiger partial charge in [0.05, 0.1) is 0 Å². The van der Waals surface area contributed by atoms with Crippen LogP contribution in [0.5, 0.6) is 0 Å². The topological polar surface area (TPSA) is 86.7 Å². The number of carbonyl (C=O) groups is 3. The highest BCUT2D eigenvalue weighted by atomic mass is 16.4. The van der Waals surface area contributed by atoms with Crippen molar-refractivity contribution in [3.8, 4) is 0 Å². The largest absolute Gasteiger partial charge is 0.480 e. The van der Waals surface area contributed by atoms with Crippen LogP contribution in [-0.2, 0) is 20.5 Å². The van der Waals surface area contributed by atoms with Gasteiger partial charge in [-0.3, -0.25) is 4.79 Å². The van der Waals surface area contributed by atoms with Crippen LogP contribution >= 0.6 is 0 Å². The number of carboxylic acid groups (broad SMARTS) is 1. The number of nitrogens with zero attached hydrogens (tertiary/aromatic N) is 1. The molecule has 2 N–H and O–H groups in total. The molecular weight excluding hydrogens is 308 g/mol. The number of hydrogen-bond acceptors (Lipinski definition) is 3. The third-order valence-corrected chi connectivity index (χ3v) is 4.53. The predicted octanol–water partition coefficient (Wildman–Crippen LogP) is 2.61. The molecule has 3 amide bonds. The van der Waals surface area contributed by atoms with Crippen LogP contribution < -0.4 is 5.32 Å². The van der Waals surface area contributed by atoms with E-state index in [2.05, 4.69) is 26.1 Å². The molecule has 6 heteroatoms. The Kier molecular flexibility index (Phi) is 4.44. The van der Waals surface area contributed by atoms with Crippen LogP contribution in [0, 0.1) is 0 Å². The minimum Gasteiger partial charge on any atom is -0.480 e. The van der Waals surface area contributed by atoms with E-state index in [1.807, 2.05) is 24.3 Å². The van der Waals surface area contributed by atoms with Crippen LogP contribution in [0.4, 0.5) is 4.79 Å². The van der Waals surface area contributed by atoms with E-state index in [1.165, 1.54) is 0 Å². The summed E-state index contributed by atoms with van der Waals surface area (Å²) in [5.41, 5.74) is 0.471. The minimum absolute atomic E-state index is 0.0228. The van der Waals surface area contributed by atoms with Gasteiger partial charge < -0.3 is 10.4 Å². The zero-order valence-corrected chi connectivity index (χ0v) is 14.7. The minimum atomic E-state index is -1.25. The molecule has 0 aliphatic carbocycles. The number of amides is 3. The molecule has 0 spiro atoms. The second kappa shape index (κ2) is 5.92. The van der Waals surface area contributed by atoms with Gasteiger partial charge in [0, 0.05) is 0 Å². The molecule has 0 radical (unpaired) electrons. The Hall–Kier alpha value is -2.37. The van der Waals surface area contributed by atoms with Crippen LogP contribution in [0.2, 0.25) is 0 Å².